The van der Waals surface area contributed by atoms with Gasteiger partial charge in [0, 0.05) is 25.1 Å². The Kier molecular flexibility index (Phi) is 7.39. The highest BCUT2D eigenvalue weighted by atomic mass is 16.4. The maximum Gasteiger partial charge on any atom is 0.303 e. The van der Waals surface area contributed by atoms with Gasteiger partial charge in [-0.1, -0.05) is 31.5 Å². The molecule has 1 aromatic rings. The molecule has 1 aliphatic rings. The van der Waals surface area contributed by atoms with E-state index in [0.717, 1.165) is 18.4 Å². The average Bonchev–Trinajstić information content (AvgIpc) is 2.64. The number of amides is 2. The zero-order valence-electron chi connectivity index (χ0n) is 16.4. The van der Waals surface area contributed by atoms with E-state index in [0.29, 0.717) is 25.1 Å². The Labute approximate surface area is 160 Å². The second kappa shape index (κ2) is 9.53. The van der Waals surface area contributed by atoms with Crippen LogP contribution in [0.2, 0.25) is 0 Å². The number of aryl methyl sites for hydroxylation is 1. The molecule has 2 amide bonds. The largest absolute Gasteiger partial charge is 0.481 e. The molecule has 6 nitrogen and oxygen atoms in total. The summed E-state index contributed by atoms with van der Waals surface area (Å²) in [5.74, 6) is -0.957. The number of nitrogens with zero attached hydrogens (tertiary/aromatic N) is 1. The Bertz CT molecular complexity index is 669. The number of piperidine rings is 1. The smallest absolute Gasteiger partial charge is 0.303 e. The predicted molar refractivity (Wildman–Crippen MR) is 103 cm³/mol. The van der Waals surface area contributed by atoms with Gasteiger partial charge in [0.25, 0.3) is 5.91 Å². The molecule has 0 bridgehead atoms. The van der Waals surface area contributed by atoms with Crippen molar-refractivity contribution >= 4 is 17.8 Å². The molecule has 1 heterocycles. The first-order chi connectivity index (χ1) is 12.8. The number of nitrogens with one attached hydrogen (secondary N) is 1. The summed E-state index contributed by atoms with van der Waals surface area (Å²) in [5.41, 5.74) is 1.61. The van der Waals surface area contributed by atoms with Crippen LogP contribution in [0.3, 0.4) is 0 Å². The molecule has 1 aliphatic heterocycles. The second-order valence-electron chi connectivity index (χ2n) is 7.79. The molecule has 27 heavy (non-hydrogen) atoms. The molecule has 1 saturated heterocycles. The topological polar surface area (TPSA) is 86.7 Å². The summed E-state index contributed by atoms with van der Waals surface area (Å²) in [5, 5.41) is 11.8. The van der Waals surface area contributed by atoms with Gasteiger partial charge in [0.05, 0.1) is 0 Å². The van der Waals surface area contributed by atoms with Gasteiger partial charge in [-0.25, -0.2) is 0 Å². The first-order valence-corrected chi connectivity index (χ1v) is 9.66. The van der Waals surface area contributed by atoms with E-state index >= 15 is 0 Å². The lowest BCUT2D eigenvalue weighted by Crippen LogP contribution is -2.53. The lowest BCUT2D eigenvalue weighted by atomic mass is 9.92. The van der Waals surface area contributed by atoms with Crippen LogP contribution in [0.25, 0.3) is 0 Å². The molecule has 0 aliphatic carbocycles. The third-order valence-corrected chi connectivity index (χ3v) is 5.13. The normalized spacial score (nSPS) is 18.2. The van der Waals surface area contributed by atoms with E-state index in [2.05, 4.69) is 5.32 Å². The van der Waals surface area contributed by atoms with E-state index in [1.807, 2.05) is 32.9 Å². The highest BCUT2D eigenvalue weighted by Gasteiger charge is 2.32. The van der Waals surface area contributed by atoms with E-state index in [1.165, 1.54) is 0 Å². The minimum atomic E-state index is -0.802. The van der Waals surface area contributed by atoms with E-state index in [9.17, 15) is 14.4 Å². The Morgan fingerprint density at radius 1 is 1.22 bits per heavy atom. The van der Waals surface area contributed by atoms with Gasteiger partial charge in [-0.15, -0.1) is 0 Å². The van der Waals surface area contributed by atoms with Gasteiger partial charge in [0.2, 0.25) is 5.91 Å². The summed E-state index contributed by atoms with van der Waals surface area (Å²) in [6.07, 6.45) is 2.53. The second-order valence-corrected chi connectivity index (χ2v) is 7.79. The molecule has 2 atom stereocenters. The lowest BCUT2D eigenvalue weighted by Gasteiger charge is -2.36. The molecule has 1 fully saturated rings. The summed E-state index contributed by atoms with van der Waals surface area (Å²) in [6, 6.07) is 6.68. The van der Waals surface area contributed by atoms with Gasteiger partial charge in [0.15, 0.2) is 0 Å². The fourth-order valence-corrected chi connectivity index (χ4v) is 3.47. The molecule has 0 radical (unpaired) electrons. The van der Waals surface area contributed by atoms with Crippen LogP contribution in [0.5, 0.6) is 0 Å². The van der Waals surface area contributed by atoms with Crippen molar-refractivity contribution < 1.29 is 19.5 Å². The zero-order chi connectivity index (χ0) is 20.0. The number of carbonyl (C=O) groups excluding carboxylic acids is 2. The van der Waals surface area contributed by atoms with Crippen molar-refractivity contribution in [1.82, 2.24) is 10.2 Å². The average molecular weight is 374 g/mol. The number of carboxylic acid groups (broad SMARTS) is 1. The summed E-state index contributed by atoms with van der Waals surface area (Å²) in [4.78, 5) is 38.2. The fourth-order valence-electron chi connectivity index (χ4n) is 3.47. The first-order valence-electron chi connectivity index (χ1n) is 9.66. The van der Waals surface area contributed by atoms with Crippen LogP contribution in [-0.2, 0) is 9.59 Å². The van der Waals surface area contributed by atoms with Gasteiger partial charge < -0.3 is 15.3 Å². The molecule has 2 rings (SSSR count). The van der Waals surface area contributed by atoms with Crippen molar-refractivity contribution in [3.8, 4) is 0 Å². The van der Waals surface area contributed by atoms with Crippen molar-refractivity contribution in [2.24, 2.45) is 11.8 Å². The molecule has 2 unspecified atom stereocenters. The van der Waals surface area contributed by atoms with Gasteiger partial charge >= 0.3 is 5.97 Å². The van der Waals surface area contributed by atoms with E-state index < -0.39 is 12.0 Å². The molecule has 1 aromatic carbocycles. The molecule has 6 heteroatoms. The third-order valence-electron chi connectivity index (χ3n) is 5.13. The van der Waals surface area contributed by atoms with E-state index in [4.69, 9.17) is 5.11 Å². The van der Waals surface area contributed by atoms with Crippen LogP contribution in [0.15, 0.2) is 24.3 Å². The number of carboxylic acids is 1. The van der Waals surface area contributed by atoms with Gasteiger partial charge in [-0.05, 0) is 50.2 Å². The quantitative estimate of drug-likeness (QED) is 0.768. The molecular weight excluding hydrogens is 344 g/mol. The number of hydrogen-bond acceptors (Lipinski definition) is 3. The first kappa shape index (κ1) is 20.9. The monoisotopic (exact) mass is 374 g/mol. The number of benzene rings is 1. The van der Waals surface area contributed by atoms with Crippen molar-refractivity contribution in [3.05, 3.63) is 35.4 Å². The summed E-state index contributed by atoms with van der Waals surface area (Å²) in [6.45, 7) is 7.02. The predicted octanol–water partition coefficient (Wildman–Crippen LogP) is 2.85. The van der Waals surface area contributed by atoms with Gasteiger partial charge in [0.1, 0.15) is 6.04 Å². The summed E-state index contributed by atoms with van der Waals surface area (Å²) < 4.78 is 0. The fraction of sp³-hybridized carbons (Fsp3) is 0.571. The molecular formula is C21H30N2O4. The Morgan fingerprint density at radius 2 is 1.89 bits per heavy atom. The van der Waals surface area contributed by atoms with Crippen LogP contribution in [0.4, 0.5) is 0 Å². The molecule has 0 aromatic heterocycles. The van der Waals surface area contributed by atoms with Crippen LogP contribution in [0.1, 0.15) is 55.5 Å². The molecule has 148 valence electrons. The number of carbonyl (C=O) groups is 3. The van der Waals surface area contributed by atoms with Crippen molar-refractivity contribution in [1.29, 1.82) is 0 Å². The molecule has 0 saturated carbocycles. The van der Waals surface area contributed by atoms with Crippen LogP contribution < -0.4 is 5.32 Å². The van der Waals surface area contributed by atoms with Crippen molar-refractivity contribution in [2.75, 3.05) is 13.1 Å². The number of rotatable bonds is 7. The highest BCUT2D eigenvalue weighted by Crippen LogP contribution is 2.22. The zero-order valence-corrected chi connectivity index (χ0v) is 16.4. The van der Waals surface area contributed by atoms with Crippen LogP contribution in [0, 0.1) is 18.8 Å². The maximum atomic E-state index is 13.0. The number of likely N-dealkylation sites (tertiary alicyclic amines) is 1. The van der Waals surface area contributed by atoms with E-state index in [-0.39, 0.29) is 30.1 Å². The Hall–Kier alpha value is -2.37. The molecule has 0 spiro atoms. The van der Waals surface area contributed by atoms with Crippen LogP contribution >= 0.6 is 0 Å². The van der Waals surface area contributed by atoms with Crippen molar-refractivity contribution in [3.63, 3.8) is 0 Å². The number of hydrogen-bond donors (Lipinski definition) is 2. The number of aliphatic carboxylic acids is 1. The minimum absolute atomic E-state index is 0.0358. The lowest BCUT2D eigenvalue weighted by molar-refractivity contribution is -0.137. The van der Waals surface area contributed by atoms with Crippen molar-refractivity contribution in [2.45, 2.75) is 52.5 Å². The van der Waals surface area contributed by atoms with Crippen LogP contribution in [-0.4, -0.2) is 46.9 Å². The Morgan fingerprint density at radius 3 is 2.48 bits per heavy atom. The maximum absolute atomic E-state index is 13.0. The third kappa shape index (κ3) is 6.08. The van der Waals surface area contributed by atoms with Gasteiger partial charge in [-0.3, -0.25) is 14.4 Å². The van der Waals surface area contributed by atoms with Gasteiger partial charge in [-0.2, -0.15) is 0 Å². The summed E-state index contributed by atoms with van der Waals surface area (Å²) in [7, 11) is 0. The summed E-state index contributed by atoms with van der Waals surface area (Å²) >= 11 is 0. The minimum Gasteiger partial charge on any atom is -0.481 e. The SMILES string of the molecule is Cc1ccc(C(=O)NC(C(=O)N2CCCC(CCC(=O)O)C2)C(C)C)cc1. The highest BCUT2D eigenvalue weighted by molar-refractivity contribution is 5.97. The standard InChI is InChI=1S/C21H30N2O4/c1-14(2)19(22-20(26)17-9-6-15(3)7-10-17)21(27)23-12-4-5-16(13-23)8-11-18(24)25/h6-7,9-10,14,16,19H,4-5,8,11-13H2,1-3H3,(H,22,26)(H,24,25). The van der Waals surface area contributed by atoms with E-state index in [1.54, 1.807) is 17.0 Å². The molecule has 2 N–H and O–H groups in total. The Balaban J connectivity index is 2.02.